The number of aromatic nitrogens is 1. The van der Waals surface area contributed by atoms with E-state index in [-0.39, 0.29) is 17.7 Å². The van der Waals surface area contributed by atoms with Gasteiger partial charge in [0.15, 0.2) is 0 Å². The van der Waals surface area contributed by atoms with Gasteiger partial charge in [0.1, 0.15) is 5.82 Å². The third kappa shape index (κ3) is 4.04. The number of nitrogens with one attached hydrogen (secondary N) is 1. The first-order valence-corrected chi connectivity index (χ1v) is 8.75. The van der Waals surface area contributed by atoms with Crippen molar-refractivity contribution in [3.63, 3.8) is 0 Å². The van der Waals surface area contributed by atoms with Crippen molar-refractivity contribution in [3.05, 3.63) is 23.9 Å². The van der Waals surface area contributed by atoms with Gasteiger partial charge in [-0.25, -0.2) is 4.98 Å². The smallest absolute Gasteiger partial charge is 0.255 e. The Morgan fingerprint density at radius 2 is 2.08 bits per heavy atom. The predicted molar refractivity (Wildman–Crippen MR) is 92.9 cm³/mol. The lowest BCUT2D eigenvalue weighted by molar-refractivity contribution is -0.126. The van der Waals surface area contributed by atoms with Crippen molar-refractivity contribution in [2.75, 3.05) is 38.6 Å². The topological polar surface area (TPSA) is 65.5 Å². The van der Waals surface area contributed by atoms with Crippen molar-refractivity contribution >= 4 is 17.6 Å². The molecule has 0 bridgehead atoms. The van der Waals surface area contributed by atoms with Gasteiger partial charge < -0.3 is 15.1 Å². The SMILES string of the molecule is CN(C)c1ccc(C(=O)N2CCC[C@H](C(=O)NCC3CC3)C2)cn1. The zero-order chi connectivity index (χ0) is 17.1. The summed E-state index contributed by atoms with van der Waals surface area (Å²) in [5.41, 5.74) is 0.583. The summed E-state index contributed by atoms with van der Waals surface area (Å²) in [6, 6.07) is 3.65. The van der Waals surface area contributed by atoms with E-state index in [4.69, 9.17) is 0 Å². The molecule has 2 amide bonds. The molecular formula is C18H26N4O2. The van der Waals surface area contributed by atoms with Crippen molar-refractivity contribution in [1.82, 2.24) is 15.2 Å². The van der Waals surface area contributed by atoms with E-state index in [1.54, 1.807) is 17.2 Å². The van der Waals surface area contributed by atoms with E-state index < -0.39 is 0 Å². The molecular weight excluding hydrogens is 304 g/mol. The Kier molecular flexibility index (Phi) is 5.02. The van der Waals surface area contributed by atoms with Crippen LogP contribution in [0.4, 0.5) is 5.82 Å². The number of hydrogen-bond donors (Lipinski definition) is 1. The number of anilines is 1. The van der Waals surface area contributed by atoms with E-state index in [1.807, 2.05) is 25.1 Å². The maximum atomic E-state index is 12.7. The fourth-order valence-electron chi connectivity index (χ4n) is 3.05. The van der Waals surface area contributed by atoms with Crippen molar-refractivity contribution in [1.29, 1.82) is 0 Å². The molecule has 1 atom stereocenters. The average molecular weight is 330 g/mol. The van der Waals surface area contributed by atoms with Crippen molar-refractivity contribution in [3.8, 4) is 0 Å². The van der Waals surface area contributed by atoms with E-state index >= 15 is 0 Å². The van der Waals surface area contributed by atoms with Crippen LogP contribution in [0.15, 0.2) is 18.3 Å². The zero-order valence-electron chi connectivity index (χ0n) is 14.5. The minimum Gasteiger partial charge on any atom is -0.363 e. The summed E-state index contributed by atoms with van der Waals surface area (Å²) in [5.74, 6) is 1.47. The molecule has 1 saturated heterocycles. The molecule has 1 aromatic rings. The lowest BCUT2D eigenvalue weighted by Gasteiger charge is -2.32. The number of hydrogen-bond acceptors (Lipinski definition) is 4. The van der Waals surface area contributed by atoms with Crippen LogP contribution in [0, 0.1) is 11.8 Å². The van der Waals surface area contributed by atoms with E-state index in [1.165, 1.54) is 12.8 Å². The van der Waals surface area contributed by atoms with E-state index in [0.29, 0.717) is 24.6 Å². The molecule has 130 valence electrons. The number of carbonyl (C=O) groups is 2. The van der Waals surface area contributed by atoms with Gasteiger partial charge in [0.25, 0.3) is 5.91 Å². The van der Waals surface area contributed by atoms with Crippen LogP contribution >= 0.6 is 0 Å². The van der Waals surface area contributed by atoms with Gasteiger partial charge >= 0.3 is 0 Å². The molecule has 1 aliphatic heterocycles. The van der Waals surface area contributed by atoms with Crippen molar-refractivity contribution in [2.24, 2.45) is 11.8 Å². The Bertz CT molecular complexity index is 596. The number of carbonyl (C=O) groups excluding carboxylic acids is 2. The second kappa shape index (κ2) is 7.20. The maximum absolute atomic E-state index is 12.7. The van der Waals surface area contributed by atoms with Gasteiger partial charge in [-0.1, -0.05) is 0 Å². The van der Waals surface area contributed by atoms with Gasteiger partial charge in [0.05, 0.1) is 11.5 Å². The van der Waals surface area contributed by atoms with Gasteiger partial charge in [-0.05, 0) is 43.7 Å². The lowest BCUT2D eigenvalue weighted by atomic mass is 9.96. The summed E-state index contributed by atoms with van der Waals surface area (Å²) >= 11 is 0. The second-order valence-electron chi connectivity index (χ2n) is 7.08. The summed E-state index contributed by atoms with van der Waals surface area (Å²) in [5, 5.41) is 3.04. The molecule has 6 nitrogen and oxygen atoms in total. The molecule has 2 heterocycles. The van der Waals surface area contributed by atoms with Crippen LogP contribution in [-0.2, 0) is 4.79 Å². The third-order valence-corrected chi connectivity index (χ3v) is 4.79. The Morgan fingerprint density at radius 3 is 2.71 bits per heavy atom. The summed E-state index contributed by atoms with van der Waals surface area (Å²) < 4.78 is 0. The van der Waals surface area contributed by atoms with Crippen LogP contribution < -0.4 is 10.2 Å². The molecule has 0 unspecified atom stereocenters. The maximum Gasteiger partial charge on any atom is 0.255 e. The van der Waals surface area contributed by atoms with Gasteiger partial charge in [0, 0.05) is 39.9 Å². The van der Waals surface area contributed by atoms with E-state index in [2.05, 4.69) is 10.3 Å². The fourth-order valence-corrected chi connectivity index (χ4v) is 3.05. The monoisotopic (exact) mass is 330 g/mol. The minimum atomic E-state index is -0.0875. The Balaban J connectivity index is 1.58. The van der Waals surface area contributed by atoms with Crippen LogP contribution in [-0.4, -0.2) is 55.4 Å². The first kappa shape index (κ1) is 16.7. The highest BCUT2D eigenvalue weighted by atomic mass is 16.2. The van der Waals surface area contributed by atoms with Crippen LogP contribution in [0.3, 0.4) is 0 Å². The molecule has 3 rings (SSSR count). The lowest BCUT2D eigenvalue weighted by Crippen LogP contribution is -2.45. The second-order valence-corrected chi connectivity index (χ2v) is 7.08. The van der Waals surface area contributed by atoms with Crippen LogP contribution in [0.25, 0.3) is 0 Å². The molecule has 0 aromatic carbocycles. The molecule has 0 radical (unpaired) electrons. The molecule has 0 spiro atoms. The molecule has 24 heavy (non-hydrogen) atoms. The first-order valence-electron chi connectivity index (χ1n) is 8.75. The molecule has 2 fully saturated rings. The van der Waals surface area contributed by atoms with Crippen molar-refractivity contribution in [2.45, 2.75) is 25.7 Å². The summed E-state index contributed by atoms with van der Waals surface area (Å²) in [6.07, 6.45) is 5.81. The van der Waals surface area contributed by atoms with Gasteiger partial charge in [-0.2, -0.15) is 0 Å². The molecule has 1 saturated carbocycles. The Morgan fingerprint density at radius 1 is 1.29 bits per heavy atom. The average Bonchev–Trinajstić information content (AvgIpc) is 3.43. The van der Waals surface area contributed by atoms with Gasteiger partial charge in [-0.3, -0.25) is 9.59 Å². The standard InChI is InChI=1S/C18H26N4O2/c1-21(2)16-8-7-14(11-19-16)18(24)22-9-3-4-15(12-22)17(23)20-10-13-5-6-13/h7-8,11,13,15H,3-6,9-10,12H2,1-2H3,(H,20,23)/t15-/m0/s1. The van der Waals surface area contributed by atoms with Gasteiger partial charge in [0.2, 0.25) is 5.91 Å². The summed E-state index contributed by atoms with van der Waals surface area (Å²) in [6.45, 7) is 2.00. The number of rotatable bonds is 5. The van der Waals surface area contributed by atoms with E-state index in [9.17, 15) is 9.59 Å². The number of piperidine rings is 1. The fraction of sp³-hybridized carbons (Fsp3) is 0.611. The molecule has 1 aliphatic carbocycles. The largest absolute Gasteiger partial charge is 0.363 e. The Hall–Kier alpha value is -2.11. The van der Waals surface area contributed by atoms with Crippen molar-refractivity contribution < 1.29 is 9.59 Å². The van der Waals surface area contributed by atoms with Crippen LogP contribution in [0.1, 0.15) is 36.0 Å². The molecule has 6 heteroatoms. The molecule has 1 aromatic heterocycles. The highest BCUT2D eigenvalue weighted by molar-refractivity contribution is 5.94. The van der Waals surface area contributed by atoms with Gasteiger partial charge in [-0.15, -0.1) is 0 Å². The molecule has 2 aliphatic rings. The quantitative estimate of drug-likeness (QED) is 0.889. The normalized spacial score (nSPS) is 20.6. The third-order valence-electron chi connectivity index (χ3n) is 4.79. The van der Waals surface area contributed by atoms with E-state index in [0.717, 1.165) is 25.2 Å². The summed E-state index contributed by atoms with van der Waals surface area (Å²) in [4.78, 5) is 32.9. The first-order chi connectivity index (χ1) is 11.5. The summed E-state index contributed by atoms with van der Waals surface area (Å²) in [7, 11) is 3.83. The zero-order valence-corrected chi connectivity index (χ0v) is 14.5. The van der Waals surface area contributed by atoms with Crippen LogP contribution in [0.5, 0.6) is 0 Å². The van der Waals surface area contributed by atoms with Crippen LogP contribution in [0.2, 0.25) is 0 Å². The minimum absolute atomic E-state index is 0.0347. The number of nitrogens with zero attached hydrogens (tertiary/aromatic N) is 3. The number of pyridine rings is 1. The number of amides is 2. The number of likely N-dealkylation sites (tertiary alicyclic amines) is 1. The highest BCUT2D eigenvalue weighted by Gasteiger charge is 2.30. The predicted octanol–water partition coefficient (Wildman–Crippen LogP) is 1.53. The Labute approximate surface area is 143 Å². The highest BCUT2D eigenvalue weighted by Crippen LogP contribution is 2.28. The molecule has 1 N–H and O–H groups in total.